The minimum atomic E-state index is 0.0704. The minimum absolute atomic E-state index is 0.0704. The van der Waals surface area contributed by atoms with E-state index >= 15 is 0 Å². The lowest BCUT2D eigenvalue weighted by atomic mass is 9.95. The van der Waals surface area contributed by atoms with Gasteiger partial charge in [0.25, 0.3) is 0 Å². The fourth-order valence-corrected chi connectivity index (χ4v) is 3.10. The molecule has 3 heteroatoms. The number of nitrogens with one attached hydrogen (secondary N) is 1. The molecule has 0 saturated heterocycles. The van der Waals surface area contributed by atoms with Gasteiger partial charge in [-0.05, 0) is 48.2 Å². The number of fused-ring (bicyclic) bond motifs is 1. The van der Waals surface area contributed by atoms with Gasteiger partial charge in [0.05, 0.1) is 6.04 Å². The molecule has 2 aromatic carbocycles. The van der Waals surface area contributed by atoms with E-state index in [2.05, 4.69) is 41.5 Å². The largest absolute Gasteiger partial charge is 0.309 e. The molecular formula is C18H17ClN2. The first kappa shape index (κ1) is 14.1. The van der Waals surface area contributed by atoms with Gasteiger partial charge in [-0.15, -0.1) is 0 Å². The molecular weight excluding hydrogens is 280 g/mol. The lowest BCUT2D eigenvalue weighted by Crippen LogP contribution is -2.18. The maximum Gasteiger partial charge on any atom is 0.0596 e. The monoisotopic (exact) mass is 296 g/mol. The fraction of sp³-hybridized carbons (Fsp3) is 0.167. The quantitative estimate of drug-likeness (QED) is 0.769. The summed E-state index contributed by atoms with van der Waals surface area (Å²) in [6.45, 7) is 2.06. The van der Waals surface area contributed by atoms with Gasteiger partial charge in [-0.1, -0.05) is 41.9 Å². The average molecular weight is 297 g/mol. The molecule has 1 unspecified atom stereocenters. The van der Waals surface area contributed by atoms with Crippen LogP contribution in [-0.4, -0.2) is 12.0 Å². The Balaban J connectivity index is 2.18. The van der Waals surface area contributed by atoms with E-state index < -0.39 is 0 Å². The molecule has 0 aliphatic heterocycles. The zero-order valence-corrected chi connectivity index (χ0v) is 12.9. The van der Waals surface area contributed by atoms with Crippen LogP contribution in [0.4, 0.5) is 0 Å². The normalized spacial score (nSPS) is 12.5. The molecule has 3 aromatic rings. The van der Waals surface area contributed by atoms with Crippen molar-refractivity contribution in [2.24, 2.45) is 0 Å². The first-order chi connectivity index (χ1) is 10.2. The first-order valence-corrected chi connectivity index (χ1v) is 7.34. The van der Waals surface area contributed by atoms with Gasteiger partial charge in [0.1, 0.15) is 0 Å². The predicted octanol–water partition coefficient (Wildman–Crippen LogP) is 4.51. The van der Waals surface area contributed by atoms with Crippen molar-refractivity contribution in [2.45, 2.75) is 13.0 Å². The van der Waals surface area contributed by atoms with Crippen molar-refractivity contribution in [3.8, 4) is 0 Å². The van der Waals surface area contributed by atoms with Gasteiger partial charge in [0.15, 0.2) is 0 Å². The third kappa shape index (κ3) is 2.78. The van der Waals surface area contributed by atoms with Gasteiger partial charge >= 0.3 is 0 Å². The van der Waals surface area contributed by atoms with Crippen LogP contribution in [0.25, 0.3) is 10.8 Å². The second kappa shape index (κ2) is 5.84. The molecule has 21 heavy (non-hydrogen) atoms. The molecule has 0 amide bonds. The molecule has 1 heterocycles. The van der Waals surface area contributed by atoms with Gasteiger partial charge in [0.2, 0.25) is 0 Å². The molecule has 0 aliphatic rings. The Bertz CT molecular complexity index is 758. The highest BCUT2D eigenvalue weighted by Gasteiger charge is 2.16. The number of hydrogen-bond acceptors (Lipinski definition) is 2. The molecule has 2 nitrogen and oxygen atoms in total. The van der Waals surface area contributed by atoms with Gasteiger partial charge in [-0.25, -0.2) is 0 Å². The van der Waals surface area contributed by atoms with Crippen LogP contribution < -0.4 is 5.32 Å². The van der Waals surface area contributed by atoms with Crippen LogP contribution >= 0.6 is 11.6 Å². The third-order valence-electron chi connectivity index (χ3n) is 3.70. The van der Waals surface area contributed by atoms with Crippen LogP contribution in [0.1, 0.15) is 22.7 Å². The van der Waals surface area contributed by atoms with Crippen molar-refractivity contribution >= 4 is 22.4 Å². The molecule has 0 aliphatic carbocycles. The van der Waals surface area contributed by atoms with Gasteiger partial charge in [0, 0.05) is 22.8 Å². The summed E-state index contributed by atoms with van der Waals surface area (Å²) in [6, 6.07) is 14.5. The predicted molar refractivity (Wildman–Crippen MR) is 88.8 cm³/mol. The zero-order valence-electron chi connectivity index (χ0n) is 12.1. The van der Waals surface area contributed by atoms with E-state index in [4.69, 9.17) is 11.6 Å². The van der Waals surface area contributed by atoms with E-state index in [0.29, 0.717) is 0 Å². The van der Waals surface area contributed by atoms with E-state index in [1.54, 1.807) is 0 Å². The number of aromatic nitrogens is 1. The van der Waals surface area contributed by atoms with E-state index in [9.17, 15) is 0 Å². The number of halogens is 1. The molecule has 1 N–H and O–H groups in total. The number of rotatable bonds is 3. The summed E-state index contributed by atoms with van der Waals surface area (Å²) in [6.07, 6.45) is 3.83. The van der Waals surface area contributed by atoms with Gasteiger partial charge in [-0.2, -0.15) is 0 Å². The number of nitrogens with zero attached hydrogens (tertiary/aromatic N) is 1. The lowest BCUT2D eigenvalue weighted by Gasteiger charge is -2.19. The maximum absolute atomic E-state index is 6.21. The second-order valence-electron chi connectivity index (χ2n) is 5.23. The lowest BCUT2D eigenvalue weighted by molar-refractivity contribution is 0.693. The molecule has 0 bridgehead atoms. The third-order valence-corrected chi connectivity index (χ3v) is 3.91. The minimum Gasteiger partial charge on any atom is -0.309 e. The summed E-state index contributed by atoms with van der Waals surface area (Å²) in [4.78, 5) is 4.38. The fourth-order valence-electron chi connectivity index (χ4n) is 2.80. The van der Waals surface area contributed by atoms with E-state index in [1.807, 2.05) is 37.6 Å². The topological polar surface area (TPSA) is 24.9 Å². The van der Waals surface area contributed by atoms with Crippen LogP contribution in [0, 0.1) is 6.92 Å². The average Bonchev–Trinajstić information content (AvgIpc) is 2.47. The highest BCUT2D eigenvalue weighted by atomic mass is 35.5. The number of pyridine rings is 1. The van der Waals surface area contributed by atoms with Crippen molar-refractivity contribution in [2.75, 3.05) is 7.05 Å². The highest BCUT2D eigenvalue weighted by Crippen LogP contribution is 2.29. The van der Waals surface area contributed by atoms with E-state index in [-0.39, 0.29) is 6.04 Å². The number of aryl methyl sites for hydroxylation is 1. The molecule has 1 atom stereocenters. The van der Waals surface area contributed by atoms with Crippen LogP contribution in [-0.2, 0) is 0 Å². The van der Waals surface area contributed by atoms with Gasteiger partial charge in [-0.3, -0.25) is 4.98 Å². The maximum atomic E-state index is 6.21. The summed E-state index contributed by atoms with van der Waals surface area (Å²) in [5.41, 5.74) is 3.48. The van der Waals surface area contributed by atoms with E-state index in [1.165, 1.54) is 5.39 Å². The Morgan fingerprint density at radius 1 is 1.10 bits per heavy atom. The Morgan fingerprint density at radius 3 is 2.67 bits per heavy atom. The van der Waals surface area contributed by atoms with Gasteiger partial charge < -0.3 is 5.32 Å². The van der Waals surface area contributed by atoms with Crippen molar-refractivity contribution < 1.29 is 0 Å². The van der Waals surface area contributed by atoms with Crippen molar-refractivity contribution in [1.82, 2.24) is 10.3 Å². The zero-order chi connectivity index (χ0) is 14.8. The first-order valence-electron chi connectivity index (χ1n) is 6.96. The van der Waals surface area contributed by atoms with Crippen molar-refractivity contribution in [3.05, 3.63) is 76.6 Å². The molecule has 0 radical (unpaired) electrons. The summed E-state index contributed by atoms with van der Waals surface area (Å²) in [5, 5.41) is 6.50. The second-order valence-corrected chi connectivity index (χ2v) is 5.67. The highest BCUT2D eigenvalue weighted by molar-refractivity contribution is 6.30. The molecule has 0 saturated carbocycles. The van der Waals surface area contributed by atoms with Crippen molar-refractivity contribution in [1.29, 1.82) is 0 Å². The molecule has 106 valence electrons. The number of benzene rings is 2. The summed E-state index contributed by atoms with van der Waals surface area (Å²) in [7, 11) is 1.96. The Kier molecular flexibility index (Phi) is 3.91. The molecule has 0 spiro atoms. The van der Waals surface area contributed by atoms with Crippen LogP contribution in [0.5, 0.6) is 0 Å². The summed E-state index contributed by atoms with van der Waals surface area (Å²) < 4.78 is 0. The Morgan fingerprint density at radius 2 is 1.90 bits per heavy atom. The molecule has 0 fully saturated rings. The Hall–Kier alpha value is -1.90. The van der Waals surface area contributed by atoms with Crippen molar-refractivity contribution in [3.63, 3.8) is 0 Å². The molecule has 1 aromatic heterocycles. The van der Waals surface area contributed by atoms with Crippen LogP contribution in [0.3, 0.4) is 0 Å². The molecule has 3 rings (SSSR count). The summed E-state index contributed by atoms with van der Waals surface area (Å²) >= 11 is 6.21. The van der Waals surface area contributed by atoms with E-state index in [0.717, 1.165) is 27.1 Å². The standard InChI is InChI=1S/C18H17ClN2/c1-12-7-14(9-15(19)8-12)18(20-2)17-11-21-10-13-5-3-4-6-16(13)17/h3-11,18,20H,1-2H3. The smallest absolute Gasteiger partial charge is 0.0596 e. The number of hydrogen-bond donors (Lipinski definition) is 1. The Labute approximate surface area is 129 Å². The SMILES string of the molecule is CNC(c1cc(C)cc(Cl)c1)c1cncc2ccccc12. The summed E-state index contributed by atoms with van der Waals surface area (Å²) in [5.74, 6) is 0. The van der Waals surface area contributed by atoms with Crippen LogP contribution in [0.15, 0.2) is 54.9 Å². The van der Waals surface area contributed by atoms with Crippen LogP contribution in [0.2, 0.25) is 5.02 Å².